The van der Waals surface area contributed by atoms with E-state index in [2.05, 4.69) is 10.3 Å². The molecule has 3 rings (SSSR count). The first-order valence-electron chi connectivity index (χ1n) is 7.64. The van der Waals surface area contributed by atoms with Crippen molar-refractivity contribution in [1.29, 1.82) is 0 Å². The highest BCUT2D eigenvalue weighted by Gasteiger charge is 2.15. The van der Waals surface area contributed by atoms with Crippen LogP contribution >= 0.6 is 0 Å². The Morgan fingerprint density at radius 3 is 2.44 bits per heavy atom. The van der Waals surface area contributed by atoms with Crippen LogP contribution in [0.25, 0.3) is 10.9 Å². The Balaban J connectivity index is 1.78. The summed E-state index contributed by atoms with van der Waals surface area (Å²) in [7, 11) is -3.26. The molecule has 0 radical (unpaired) electrons. The van der Waals surface area contributed by atoms with Crippen molar-refractivity contribution in [3.8, 4) is 0 Å². The number of halogens is 1. The molecule has 130 valence electrons. The zero-order valence-corrected chi connectivity index (χ0v) is 14.5. The average molecular weight is 360 g/mol. The molecule has 0 aliphatic carbocycles. The summed E-state index contributed by atoms with van der Waals surface area (Å²) in [6, 6.07) is 12.1. The van der Waals surface area contributed by atoms with Crippen molar-refractivity contribution in [3.63, 3.8) is 0 Å². The smallest absolute Gasteiger partial charge is 0.268 e. The van der Waals surface area contributed by atoms with E-state index in [1.165, 1.54) is 24.3 Å². The quantitative estimate of drug-likeness (QED) is 0.750. The molecule has 3 aromatic rings. The van der Waals surface area contributed by atoms with Crippen LogP contribution in [0, 0.1) is 5.82 Å². The Bertz CT molecular complexity index is 1040. The van der Waals surface area contributed by atoms with Crippen molar-refractivity contribution >= 4 is 26.6 Å². The summed E-state index contributed by atoms with van der Waals surface area (Å²) < 4.78 is 36.7. The van der Waals surface area contributed by atoms with Gasteiger partial charge in [0.05, 0.1) is 10.9 Å². The molecule has 1 atom stereocenters. The average Bonchev–Trinajstić information content (AvgIpc) is 3.00. The number of carbonyl (C=O) groups is 1. The lowest BCUT2D eigenvalue weighted by atomic mass is 10.1. The van der Waals surface area contributed by atoms with Crippen LogP contribution in [0.3, 0.4) is 0 Å². The zero-order valence-electron chi connectivity index (χ0n) is 13.7. The Morgan fingerprint density at radius 1 is 1.16 bits per heavy atom. The van der Waals surface area contributed by atoms with Crippen LogP contribution in [-0.2, 0) is 9.84 Å². The number of amides is 1. The summed E-state index contributed by atoms with van der Waals surface area (Å²) in [4.78, 5) is 15.5. The lowest BCUT2D eigenvalue weighted by Gasteiger charge is -2.14. The van der Waals surface area contributed by atoms with Gasteiger partial charge in [0.2, 0.25) is 0 Å². The number of rotatable bonds is 4. The van der Waals surface area contributed by atoms with Crippen molar-refractivity contribution < 1.29 is 17.6 Å². The van der Waals surface area contributed by atoms with Crippen LogP contribution < -0.4 is 5.32 Å². The maximum absolute atomic E-state index is 13.7. The van der Waals surface area contributed by atoms with E-state index in [9.17, 15) is 17.6 Å². The van der Waals surface area contributed by atoms with Gasteiger partial charge in [-0.3, -0.25) is 4.79 Å². The summed E-state index contributed by atoms with van der Waals surface area (Å²) >= 11 is 0. The maximum Gasteiger partial charge on any atom is 0.268 e. The third-order valence-electron chi connectivity index (χ3n) is 4.01. The van der Waals surface area contributed by atoms with E-state index in [0.717, 1.165) is 11.8 Å². The van der Waals surface area contributed by atoms with Crippen LogP contribution in [0.2, 0.25) is 0 Å². The highest BCUT2D eigenvalue weighted by molar-refractivity contribution is 7.90. The fourth-order valence-electron chi connectivity index (χ4n) is 2.60. The molecule has 1 amide bonds. The van der Waals surface area contributed by atoms with E-state index in [0.29, 0.717) is 10.9 Å². The molecule has 0 saturated carbocycles. The first-order valence-corrected chi connectivity index (χ1v) is 9.53. The molecule has 2 N–H and O–H groups in total. The number of nitrogens with one attached hydrogen (secondary N) is 2. The Labute approximate surface area is 144 Å². The number of H-pyrrole nitrogens is 1. The van der Waals surface area contributed by atoms with E-state index < -0.39 is 15.7 Å². The van der Waals surface area contributed by atoms with E-state index in [1.54, 1.807) is 31.2 Å². The van der Waals surface area contributed by atoms with Crippen molar-refractivity contribution in [2.24, 2.45) is 0 Å². The molecule has 0 aliphatic rings. The molecule has 25 heavy (non-hydrogen) atoms. The minimum atomic E-state index is -3.26. The first-order chi connectivity index (χ1) is 11.8. The molecule has 2 aromatic carbocycles. The molecule has 7 heteroatoms. The van der Waals surface area contributed by atoms with Crippen molar-refractivity contribution in [2.45, 2.75) is 17.9 Å². The second kappa shape index (κ2) is 6.33. The normalized spacial score (nSPS) is 12.9. The third-order valence-corrected chi connectivity index (χ3v) is 5.14. The number of hydrogen-bond acceptors (Lipinski definition) is 3. The molecule has 0 bridgehead atoms. The SMILES string of the molecule is CC(NC(=O)c1cc2c(F)cccc2[nH]1)c1ccc(S(C)(=O)=O)cc1. The number of hydrogen-bond donors (Lipinski definition) is 2. The Hall–Kier alpha value is -2.67. The molecular weight excluding hydrogens is 343 g/mol. The van der Waals surface area contributed by atoms with Crippen molar-refractivity contribution in [1.82, 2.24) is 10.3 Å². The highest BCUT2D eigenvalue weighted by atomic mass is 32.2. The number of aromatic nitrogens is 1. The zero-order chi connectivity index (χ0) is 18.2. The van der Waals surface area contributed by atoms with Crippen molar-refractivity contribution in [3.05, 3.63) is 65.6 Å². The predicted octanol–water partition coefficient (Wildman–Crippen LogP) is 3.20. The maximum atomic E-state index is 13.7. The van der Waals surface area contributed by atoms with Crippen LogP contribution in [-0.4, -0.2) is 25.6 Å². The number of sulfone groups is 1. The Morgan fingerprint density at radius 2 is 1.84 bits per heavy atom. The van der Waals surface area contributed by atoms with Crippen LogP contribution in [0.15, 0.2) is 53.4 Å². The second-order valence-electron chi connectivity index (χ2n) is 5.92. The molecule has 1 aromatic heterocycles. The van der Waals surface area contributed by atoms with Gasteiger partial charge in [-0.25, -0.2) is 12.8 Å². The predicted molar refractivity (Wildman–Crippen MR) is 93.7 cm³/mol. The molecule has 1 heterocycles. The molecule has 0 aliphatic heterocycles. The molecule has 0 saturated heterocycles. The Kier molecular flexibility index (Phi) is 4.34. The second-order valence-corrected chi connectivity index (χ2v) is 7.94. The lowest BCUT2D eigenvalue weighted by molar-refractivity contribution is 0.0935. The van der Waals surface area contributed by atoms with E-state index in [-0.39, 0.29) is 22.5 Å². The number of aromatic amines is 1. The van der Waals surface area contributed by atoms with Gasteiger partial charge in [-0.05, 0) is 42.8 Å². The van der Waals surface area contributed by atoms with Gasteiger partial charge in [0, 0.05) is 17.2 Å². The fourth-order valence-corrected chi connectivity index (χ4v) is 3.23. The standard InChI is InChI=1S/C18H17FN2O3S/c1-11(12-6-8-13(9-7-12)25(2,23)24)20-18(22)17-10-14-15(19)4-3-5-16(14)21-17/h3-11,21H,1-2H3,(H,20,22). The van der Waals surface area contributed by atoms with Gasteiger partial charge in [-0.15, -0.1) is 0 Å². The number of carbonyl (C=O) groups excluding carboxylic acids is 1. The van der Waals surface area contributed by atoms with Crippen LogP contribution in [0.4, 0.5) is 4.39 Å². The summed E-state index contributed by atoms with van der Waals surface area (Å²) in [5.74, 6) is -0.757. The van der Waals surface area contributed by atoms with Crippen LogP contribution in [0.5, 0.6) is 0 Å². The molecule has 1 unspecified atom stereocenters. The van der Waals surface area contributed by atoms with Gasteiger partial charge in [-0.2, -0.15) is 0 Å². The monoisotopic (exact) mass is 360 g/mol. The first kappa shape index (κ1) is 17.2. The molecule has 5 nitrogen and oxygen atoms in total. The molecular formula is C18H17FN2O3S. The van der Waals surface area contributed by atoms with Gasteiger partial charge in [0.1, 0.15) is 11.5 Å². The van der Waals surface area contributed by atoms with Crippen LogP contribution in [0.1, 0.15) is 29.0 Å². The van der Waals surface area contributed by atoms with Gasteiger partial charge in [0.25, 0.3) is 5.91 Å². The van der Waals surface area contributed by atoms with E-state index in [1.807, 2.05) is 0 Å². The summed E-state index contributed by atoms with van der Waals surface area (Å²) in [5.41, 5.74) is 1.58. The molecule has 0 fully saturated rings. The van der Waals surface area contributed by atoms with Gasteiger partial charge < -0.3 is 10.3 Å². The van der Waals surface area contributed by atoms with E-state index >= 15 is 0 Å². The van der Waals surface area contributed by atoms with Gasteiger partial charge in [-0.1, -0.05) is 18.2 Å². The summed E-state index contributed by atoms with van der Waals surface area (Å²) in [6.45, 7) is 1.79. The topological polar surface area (TPSA) is 79.0 Å². The largest absolute Gasteiger partial charge is 0.350 e. The van der Waals surface area contributed by atoms with Gasteiger partial charge in [0.15, 0.2) is 9.84 Å². The van der Waals surface area contributed by atoms with Gasteiger partial charge >= 0.3 is 0 Å². The highest BCUT2D eigenvalue weighted by Crippen LogP contribution is 2.20. The molecule has 0 spiro atoms. The van der Waals surface area contributed by atoms with Crippen molar-refractivity contribution in [2.75, 3.05) is 6.26 Å². The minimum absolute atomic E-state index is 0.223. The number of benzene rings is 2. The summed E-state index contributed by atoms with van der Waals surface area (Å²) in [6.07, 6.45) is 1.14. The fraction of sp³-hybridized carbons (Fsp3) is 0.167. The lowest BCUT2D eigenvalue weighted by Crippen LogP contribution is -2.26. The number of fused-ring (bicyclic) bond motifs is 1. The third kappa shape index (κ3) is 3.56. The van der Waals surface area contributed by atoms with E-state index in [4.69, 9.17) is 0 Å². The summed E-state index contributed by atoms with van der Waals surface area (Å²) in [5, 5.41) is 3.17. The minimum Gasteiger partial charge on any atom is -0.350 e.